The number of carbonyl (C=O) groups excluding carboxylic acids is 2. The molecule has 2 rings (SSSR count). The van der Waals surface area contributed by atoms with E-state index in [0.717, 1.165) is 0 Å². The maximum Gasteiger partial charge on any atom is 0.413 e. The number of aromatic nitrogens is 2. The quantitative estimate of drug-likeness (QED) is 0.614. The highest BCUT2D eigenvalue weighted by Gasteiger charge is 2.28. The lowest BCUT2D eigenvalue weighted by molar-refractivity contribution is -0.803. The molecule has 0 saturated heterocycles. The molecule has 1 amide bonds. The molecule has 0 saturated carbocycles. The van der Waals surface area contributed by atoms with Crippen LogP contribution in [0, 0.1) is 5.21 Å². The van der Waals surface area contributed by atoms with Crippen LogP contribution in [-0.4, -0.2) is 24.1 Å². The van der Waals surface area contributed by atoms with Gasteiger partial charge in [-0.1, -0.05) is 12.1 Å². The number of benzene rings is 1. The van der Waals surface area contributed by atoms with Crippen molar-refractivity contribution in [3.05, 3.63) is 40.7 Å². The van der Waals surface area contributed by atoms with Crippen LogP contribution in [-0.2, 0) is 4.74 Å². The van der Waals surface area contributed by atoms with Gasteiger partial charge in [-0.25, -0.2) is 4.79 Å². The SMILES string of the molecule is COC(=O)c1ccccc1Oc1no[n+]([O-])c1C(N)=O. The molecule has 0 fully saturated rings. The topological polar surface area (TPSA) is 132 Å². The molecule has 0 bridgehead atoms. The molecule has 104 valence electrons. The maximum absolute atomic E-state index is 11.5. The standard InChI is InChI=1S/C11H9N3O6/c1-18-11(16)6-4-2-3-5-7(6)19-10-8(9(12)15)14(17)20-13-10/h2-5H,1H3,(H2,12,15). The fourth-order valence-electron chi connectivity index (χ4n) is 1.44. The molecule has 0 atom stereocenters. The predicted molar refractivity (Wildman–Crippen MR) is 61.8 cm³/mol. The highest BCUT2D eigenvalue weighted by molar-refractivity contribution is 5.93. The van der Waals surface area contributed by atoms with Gasteiger partial charge < -0.3 is 20.4 Å². The summed E-state index contributed by atoms with van der Waals surface area (Å²) in [6, 6.07) is 6.04. The van der Waals surface area contributed by atoms with Crippen LogP contribution in [0.5, 0.6) is 11.6 Å². The molecule has 0 aliphatic heterocycles. The van der Waals surface area contributed by atoms with Crippen molar-refractivity contribution in [2.24, 2.45) is 5.73 Å². The monoisotopic (exact) mass is 279 g/mol. The molecule has 0 unspecified atom stereocenters. The normalized spacial score (nSPS) is 10.1. The van der Waals surface area contributed by atoms with E-state index in [0.29, 0.717) is 0 Å². The van der Waals surface area contributed by atoms with Gasteiger partial charge in [0.25, 0.3) is 0 Å². The fraction of sp³-hybridized carbons (Fsp3) is 0.0909. The summed E-state index contributed by atoms with van der Waals surface area (Å²) in [4.78, 5) is 22.5. The van der Waals surface area contributed by atoms with Crippen LogP contribution in [0.15, 0.2) is 28.9 Å². The van der Waals surface area contributed by atoms with E-state index in [-0.39, 0.29) is 16.2 Å². The number of ether oxygens (including phenoxy) is 2. The first kappa shape index (κ1) is 13.3. The molecule has 0 spiro atoms. The Balaban J connectivity index is 2.41. The van der Waals surface area contributed by atoms with Crippen molar-refractivity contribution in [2.45, 2.75) is 0 Å². The number of esters is 1. The first-order chi connectivity index (χ1) is 9.54. The van der Waals surface area contributed by atoms with Crippen molar-refractivity contribution in [3.63, 3.8) is 0 Å². The Morgan fingerprint density at radius 1 is 1.40 bits per heavy atom. The number of hydrogen-bond donors (Lipinski definition) is 1. The van der Waals surface area contributed by atoms with Gasteiger partial charge in [-0.15, -0.1) is 0 Å². The third-order valence-electron chi connectivity index (χ3n) is 2.32. The van der Waals surface area contributed by atoms with Gasteiger partial charge in [0.15, 0.2) is 0 Å². The van der Waals surface area contributed by atoms with Gasteiger partial charge in [-0.2, -0.15) is 0 Å². The summed E-state index contributed by atoms with van der Waals surface area (Å²) >= 11 is 0. The molecule has 0 aliphatic rings. The maximum atomic E-state index is 11.5. The second kappa shape index (κ2) is 5.26. The van der Waals surface area contributed by atoms with Gasteiger partial charge in [-0.05, 0) is 17.0 Å². The largest absolute Gasteiger partial charge is 0.465 e. The molecule has 0 aliphatic carbocycles. The van der Waals surface area contributed by atoms with E-state index in [2.05, 4.69) is 14.5 Å². The van der Waals surface area contributed by atoms with E-state index in [1.165, 1.54) is 19.2 Å². The van der Waals surface area contributed by atoms with E-state index in [9.17, 15) is 14.8 Å². The van der Waals surface area contributed by atoms with Crippen molar-refractivity contribution in [2.75, 3.05) is 7.11 Å². The number of nitrogens with two attached hydrogens (primary N) is 1. The zero-order valence-corrected chi connectivity index (χ0v) is 10.2. The second-order valence-corrected chi connectivity index (χ2v) is 3.54. The van der Waals surface area contributed by atoms with Crippen LogP contribution >= 0.6 is 0 Å². The zero-order chi connectivity index (χ0) is 14.7. The third kappa shape index (κ3) is 2.36. The van der Waals surface area contributed by atoms with Crippen molar-refractivity contribution < 1.29 is 28.6 Å². The first-order valence-electron chi connectivity index (χ1n) is 5.29. The van der Waals surface area contributed by atoms with E-state index >= 15 is 0 Å². The molecule has 1 aromatic heterocycles. The molecule has 1 heterocycles. The lowest BCUT2D eigenvalue weighted by atomic mass is 10.2. The van der Waals surface area contributed by atoms with Gasteiger partial charge in [0.05, 0.1) is 12.3 Å². The van der Waals surface area contributed by atoms with Crippen LogP contribution in [0.4, 0.5) is 0 Å². The summed E-state index contributed by atoms with van der Waals surface area (Å²) in [7, 11) is 1.20. The summed E-state index contributed by atoms with van der Waals surface area (Å²) in [5.41, 5.74) is 4.49. The number of hydrogen-bond acceptors (Lipinski definition) is 7. The summed E-state index contributed by atoms with van der Waals surface area (Å²) in [6.07, 6.45) is 0. The molecule has 2 N–H and O–H groups in total. The number of para-hydroxylation sites is 1. The second-order valence-electron chi connectivity index (χ2n) is 3.54. The van der Waals surface area contributed by atoms with Crippen LogP contribution in [0.3, 0.4) is 0 Å². The summed E-state index contributed by atoms with van der Waals surface area (Å²) in [5.74, 6) is -2.13. The smallest absolute Gasteiger partial charge is 0.413 e. The van der Waals surface area contributed by atoms with Crippen molar-refractivity contribution in [3.8, 4) is 11.6 Å². The fourth-order valence-corrected chi connectivity index (χ4v) is 1.44. The molecule has 20 heavy (non-hydrogen) atoms. The predicted octanol–water partition coefficient (Wildman–Crippen LogP) is -0.0142. The summed E-state index contributed by atoms with van der Waals surface area (Å²) < 4.78 is 14.0. The van der Waals surface area contributed by atoms with Gasteiger partial charge in [0.1, 0.15) is 11.3 Å². The minimum Gasteiger partial charge on any atom is -0.465 e. The lowest BCUT2D eigenvalue weighted by Crippen LogP contribution is -2.34. The zero-order valence-electron chi connectivity index (χ0n) is 10.2. The van der Waals surface area contributed by atoms with Crippen LogP contribution in [0.1, 0.15) is 20.8 Å². The van der Waals surface area contributed by atoms with Gasteiger partial charge in [0.2, 0.25) is 0 Å². The van der Waals surface area contributed by atoms with E-state index < -0.39 is 23.5 Å². The number of carbonyl (C=O) groups is 2. The van der Waals surface area contributed by atoms with Crippen LogP contribution < -0.4 is 15.4 Å². The van der Waals surface area contributed by atoms with Gasteiger partial charge in [0, 0.05) is 0 Å². The Labute approximate surface area is 112 Å². The Morgan fingerprint density at radius 3 is 2.75 bits per heavy atom. The number of nitrogens with zero attached hydrogens (tertiary/aromatic N) is 2. The third-order valence-corrected chi connectivity index (χ3v) is 2.32. The number of rotatable bonds is 4. The van der Waals surface area contributed by atoms with Crippen molar-refractivity contribution in [1.82, 2.24) is 5.16 Å². The van der Waals surface area contributed by atoms with E-state index in [1.807, 2.05) is 0 Å². The molecular weight excluding hydrogens is 270 g/mol. The van der Waals surface area contributed by atoms with Crippen LogP contribution in [0.25, 0.3) is 0 Å². The first-order valence-corrected chi connectivity index (χ1v) is 5.29. The molecular formula is C11H9N3O6. The number of primary amides is 1. The minimum atomic E-state index is -1.08. The average Bonchev–Trinajstić information content (AvgIpc) is 2.79. The van der Waals surface area contributed by atoms with E-state index in [4.69, 9.17) is 10.5 Å². The van der Waals surface area contributed by atoms with Crippen molar-refractivity contribution in [1.29, 1.82) is 0 Å². The summed E-state index contributed by atoms with van der Waals surface area (Å²) in [6.45, 7) is 0. The highest BCUT2D eigenvalue weighted by Crippen LogP contribution is 2.25. The number of methoxy groups -OCH3 is 1. The molecule has 2 aromatic rings. The van der Waals surface area contributed by atoms with Crippen LogP contribution in [0.2, 0.25) is 0 Å². The van der Waals surface area contributed by atoms with Gasteiger partial charge >= 0.3 is 23.5 Å². The van der Waals surface area contributed by atoms with E-state index in [1.54, 1.807) is 12.1 Å². The Kier molecular flexibility index (Phi) is 3.51. The minimum absolute atomic E-state index is 0.0377. The molecule has 9 heteroatoms. The molecule has 1 aromatic carbocycles. The Hall–Kier alpha value is -3.10. The Bertz CT molecular complexity index is 666. The average molecular weight is 279 g/mol. The number of amides is 1. The summed E-state index contributed by atoms with van der Waals surface area (Å²) in [5, 5.41) is 14.4. The highest BCUT2D eigenvalue weighted by atomic mass is 16.8. The lowest BCUT2D eigenvalue weighted by Gasteiger charge is -2.05. The molecule has 0 radical (unpaired) electrons. The van der Waals surface area contributed by atoms with Gasteiger partial charge in [-0.3, -0.25) is 9.42 Å². The molecule has 9 nitrogen and oxygen atoms in total. The Morgan fingerprint density at radius 2 is 2.10 bits per heavy atom. The van der Waals surface area contributed by atoms with Crippen molar-refractivity contribution >= 4 is 11.9 Å².